The second kappa shape index (κ2) is 41.5. The predicted octanol–water partition coefficient (Wildman–Crippen LogP) is 22.7. The lowest BCUT2D eigenvalue weighted by Gasteiger charge is -2.32. The molecular formula is C91H100Br2ClN11O7. The van der Waals surface area contributed by atoms with Crippen LogP contribution in [0.3, 0.4) is 0 Å². The molecule has 0 aliphatic carbocycles. The number of benzene rings is 8. The average Bonchev–Trinajstić information content (AvgIpc) is 0.828. The van der Waals surface area contributed by atoms with Crippen LogP contribution < -0.4 is 18.9 Å². The van der Waals surface area contributed by atoms with Crippen LogP contribution in [0, 0.1) is 62.3 Å². The fourth-order valence-corrected chi connectivity index (χ4v) is 12.9. The monoisotopic (exact) mass is 1650 g/mol. The summed E-state index contributed by atoms with van der Waals surface area (Å²) in [4.78, 5) is 66.3. The van der Waals surface area contributed by atoms with Gasteiger partial charge in [0.2, 0.25) is 5.28 Å². The Hall–Kier alpha value is -11.6. The van der Waals surface area contributed by atoms with E-state index < -0.39 is 12.0 Å². The van der Waals surface area contributed by atoms with Crippen molar-refractivity contribution in [3.05, 3.63) is 336 Å². The maximum absolute atomic E-state index is 11.6. The van der Waals surface area contributed by atoms with Gasteiger partial charge in [-0.25, -0.2) is 34.9 Å². The Labute approximate surface area is 685 Å². The molecule has 21 heteroatoms. The number of ether oxygens (including phenoxy) is 4. The number of aryl methyl sites for hydroxylation is 5. The van der Waals surface area contributed by atoms with Crippen molar-refractivity contribution in [2.75, 3.05) is 6.54 Å². The van der Waals surface area contributed by atoms with Crippen molar-refractivity contribution in [2.24, 2.45) is 0 Å². The van der Waals surface area contributed by atoms with E-state index >= 15 is 0 Å². The second-order valence-electron chi connectivity index (χ2n) is 26.4. The van der Waals surface area contributed by atoms with Gasteiger partial charge < -0.3 is 24.1 Å². The summed E-state index contributed by atoms with van der Waals surface area (Å²) in [6.07, 6.45) is 13.5. The summed E-state index contributed by atoms with van der Waals surface area (Å²) in [7, 11) is 0. The summed E-state index contributed by atoms with van der Waals surface area (Å²) in [6.45, 7) is 24.5. The topological polar surface area (TPSA) is 223 Å². The maximum Gasteiger partial charge on any atom is 0.320 e. The minimum atomic E-state index is -0.753. The zero-order chi connectivity index (χ0) is 79.5. The molecule has 1 saturated heterocycles. The van der Waals surface area contributed by atoms with E-state index in [0.29, 0.717) is 68.7 Å². The summed E-state index contributed by atoms with van der Waals surface area (Å²) >= 11 is 12.1. The second-order valence-corrected chi connectivity index (χ2v) is 28.5. The van der Waals surface area contributed by atoms with E-state index in [4.69, 9.17) is 30.5 Å². The van der Waals surface area contributed by atoms with Crippen molar-refractivity contribution in [1.29, 1.82) is 0 Å². The average molecular weight is 1660 g/mol. The van der Waals surface area contributed by atoms with Crippen LogP contribution in [0.15, 0.2) is 241 Å². The van der Waals surface area contributed by atoms with Gasteiger partial charge in [0.15, 0.2) is 6.29 Å². The van der Waals surface area contributed by atoms with Crippen molar-refractivity contribution < 1.29 is 42.2 Å². The van der Waals surface area contributed by atoms with Crippen molar-refractivity contribution in [3.63, 3.8) is 0 Å². The number of carbonyl (C=O) groups is 2. The van der Waals surface area contributed by atoms with E-state index in [9.17, 15) is 14.7 Å². The van der Waals surface area contributed by atoms with E-state index in [-0.39, 0.29) is 19.9 Å². The standard InChI is InChI=1S/C26H29N3O3.C21H20N2O.C20H18N2O2.C19H17BrN2O.C5H4BrClN2.6H2/c1-18-21(11-8-12-23(18)20-9-4-3-5-10-20)17-32-26-27-15-22(19(2)28-26)16-29-14-7-6-13-24(29)25(30)31;1-4-17-13-22-21(23-16(17)3)24-14-19-11-8-12-20(15(19)2)18-9-6-5-7-10-18;1-14-17(9-6-10-19(14)16-7-4-3-5-8-16)13-24-20-21-11-18(12-23)15(2)22-20;1-13-16(12-23-19-21-11-18(20)14(2)22-19)9-6-10-17(13)15-7-4-3-5-8-15;1-3-4(6)2-8-5(7)9-3;;;;;;/h3-5,8-12,15,24H,6-7,13-14,16-17H2,1-2H3,(H,30,31);4-13H,1,14H2,2-3H3;3-12H,13H2,1-2H3;3-11H,12H2,1-2H3;2H,1H3;6*1H/t24-;;;;;;;;;;/m0........../s1. The van der Waals surface area contributed by atoms with Crippen molar-refractivity contribution in [1.82, 2.24) is 54.7 Å². The highest BCUT2D eigenvalue weighted by molar-refractivity contribution is 9.10. The van der Waals surface area contributed by atoms with Crippen molar-refractivity contribution >= 4 is 61.8 Å². The Balaban J connectivity index is 0.000000316. The fourth-order valence-electron chi connectivity index (χ4n) is 12.3. The Morgan fingerprint density at radius 3 is 1.11 bits per heavy atom. The predicted molar refractivity (Wildman–Crippen MR) is 462 cm³/mol. The first kappa shape index (κ1) is 82.9. The highest BCUT2D eigenvalue weighted by atomic mass is 79.9. The van der Waals surface area contributed by atoms with Gasteiger partial charge in [0, 0.05) is 62.9 Å². The molecule has 5 aromatic heterocycles. The van der Waals surface area contributed by atoms with Gasteiger partial charge in [-0.05, 0) is 214 Å². The lowest BCUT2D eigenvalue weighted by Crippen LogP contribution is -2.44. The minimum absolute atomic E-state index is 0. The number of aromatic nitrogens is 10. The Kier molecular flexibility index (Phi) is 30.7. The first-order chi connectivity index (χ1) is 54.2. The van der Waals surface area contributed by atoms with Crippen LogP contribution >= 0.6 is 43.5 Å². The van der Waals surface area contributed by atoms with Gasteiger partial charge in [-0.1, -0.05) is 213 Å². The van der Waals surface area contributed by atoms with Gasteiger partial charge in [0.25, 0.3) is 0 Å². The SMILES string of the molecule is C=Cc1cnc(OCc2cccc(-c3ccccc3)c2C)nc1C.Cc1nc(Cl)ncc1Br.Cc1nc(OCc2cccc(-c3ccccc3)c2C)ncc1Br.Cc1nc(OCc2cccc(-c3ccccc3)c2C)ncc1C=O.Cc1nc(OCc2cccc(-c3ccccc3)c2C)ncc1CN1CCCC[C@H]1C(=O)O.[HH].[HH].[HH].[HH].[HH].[HH]. The van der Waals surface area contributed by atoms with Crippen LogP contribution in [-0.2, 0) is 37.8 Å². The molecule has 18 nitrogen and oxygen atoms in total. The highest BCUT2D eigenvalue weighted by Crippen LogP contribution is 2.32. The quantitative estimate of drug-likeness (QED) is 0.0521. The molecule has 6 heterocycles. The Morgan fingerprint density at radius 1 is 0.438 bits per heavy atom. The van der Waals surface area contributed by atoms with E-state index in [2.05, 4.69) is 243 Å². The number of likely N-dealkylation sites (tertiary alicyclic amines) is 1. The maximum atomic E-state index is 11.6. The summed E-state index contributed by atoms with van der Waals surface area (Å²) in [6, 6.07) is 67.2. The van der Waals surface area contributed by atoms with E-state index in [0.717, 1.165) is 90.8 Å². The summed E-state index contributed by atoms with van der Waals surface area (Å²) in [5.41, 5.74) is 25.2. The molecule has 0 spiro atoms. The molecule has 8 aromatic carbocycles. The number of aldehydes is 1. The zero-order valence-electron chi connectivity index (χ0n) is 64.1. The van der Waals surface area contributed by atoms with E-state index in [1.165, 1.54) is 73.0 Å². The smallest absolute Gasteiger partial charge is 0.320 e. The molecule has 1 atom stereocenters. The third-order valence-electron chi connectivity index (χ3n) is 19.0. The first-order valence-corrected chi connectivity index (χ1v) is 38.5. The highest BCUT2D eigenvalue weighted by Gasteiger charge is 2.29. The van der Waals surface area contributed by atoms with E-state index in [1.54, 1.807) is 37.8 Å². The number of rotatable bonds is 21. The van der Waals surface area contributed by atoms with Gasteiger partial charge in [0.1, 0.15) is 32.5 Å². The number of carbonyl (C=O) groups excluding carboxylic acids is 1. The molecule has 0 saturated carbocycles. The lowest BCUT2D eigenvalue weighted by atomic mass is 9.97. The summed E-state index contributed by atoms with van der Waals surface area (Å²) in [5.74, 6) is -0.753. The van der Waals surface area contributed by atoms with Gasteiger partial charge in [-0.15, -0.1) is 0 Å². The summed E-state index contributed by atoms with van der Waals surface area (Å²) in [5, 5.41) is 9.79. The van der Waals surface area contributed by atoms with Gasteiger partial charge >= 0.3 is 30.0 Å². The molecule has 0 bridgehead atoms. The molecule has 1 aliphatic heterocycles. The molecule has 112 heavy (non-hydrogen) atoms. The number of aliphatic carboxylic acids is 1. The lowest BCUT2D eigenvalue weighted by molar-refractivity contribution is -0.144. The van der Waals surface area contributed by atoms with Crippen LogP contribution in [0.25, 0.3) is 50.6 Å². The first-order valence-electron chi connectivity index (χ1n) is 36.5. The van der Waals surface area contributed by atoms with E-state index in [1.807, 2.05) is 99.3 Å². The Morgan fingerprint density at radius 2 is 0.777 bits per heavy atom. The molecule has 1 N–H and O–H groups in total. The molecule has 0 amide bonds. The number of halogens is 3. The molecule has 1 aliphatic rings. The molecule has 1 fully saturated rings. The zero-order valence-corrected chi connectivity index (χ0v) is 68.0. The third-order valence-corrected chi connectivity index (χ3v) is 20.7. The number of carboxylic acid groups (broad SMARTS) is 1. The molecule has 14 rings (SSSR count). The van der Waals surface area contributed by atoms with Crippen molar-refractivity contribution in [2.45, 2.75) is 121 Å². The fraction of sp³-hybridized carbons (Fsp3) is 0.209. The number of hydrogen-bond donors (Lipinski definition) is 1. The Bertz CT molecular complexity index is 5210. The van der Waals surface area contributed by atoms with Crippen LogP contribution in [0.5, 0.6) is 24.0 Å². The van der Waals surface area contributed by atoms with Gasteiger partial charge in [0.05, 0.1) is 37.3 Å². The van der Waals surface area contributed by atoms with Crippen molar-refractivity contribution in [3.8, 4) is 68.5 Å². The van der Waals surface area contributed by atoms with Gasteiger partial charge in [-0.3, -0.25) is 14.5 Å². The minimum Gasteiger partial charge on any atom is -0.480 e. The number of nitrogens with zero attached hydrogens (tertiary/aromatic N) is 11. The normalized spacial score (nSPS) is 12.2. The largest absolute Gasteiger partial charge is 0.480 e. The molecule has 13 aromatic rings. The molecule has 0 unspecified atom stereocenters. The molecule has 582 valence electrons. The van der Waals surface area contributed by atoms with Crippen LogP contribution in [-0.4, -0.2) is 84.7 Å². The van der Waals surface area contributed by atoms with Crippen LogP contribution in [0.4, 0.5) is 0 Å². The van der Waals surface area contributed by atoms with Crippen LogP contribution in [0.2, 0.25) is 5.28 Å². The third kappa shape index (κ3) is 23.3. The number of carboxylic acids is 1. The number of hydrogen-bond acceptors (Lipinski definition) is 17. The summed E-state index contributed by atoms with van der Waals surface area (Å²) < 4.78 is 24.9. The number of piperidine rings is 1. The molecule has 0 radical (unpaired) electrons. The van der Waals surface area contributed by atoms with Gasteiger partial charge in [-0.2, -0.15) is 15.0 Å². The van der Waals surface area contributed by atoms with Crippen LogP contribution in [0.1, 0.15) is 122 Å². The molecular weight excluding hydrogens is 1550 g/mol.